The lowest BCUT2D eigenvalue weighted by molar-refractivity contribution is -0.120. The fourth-order valence-electron chi connectivity index (χ4n) is 3.93. The molecule has 3 aromatic rings. The number of carbonyl (C=O) groups is 2. The number of thiophene rings is 1. The first kappa shape index (κ1) is 25.0. The Balaban J connectivity index is 1.46. The number of nitrogens with zero attached hydrogens (tertiary/aromatic N) is 1. The highest BCUT2D eigenvalue weighted by Gasteiger charge is 2.33. The summed E-state index contributed by atoms with van der Waals surface area (Å²) in [5.41, 5.74) is 1.31. The summed E-state index contributed by atoms with van der Waals surface area (Å²) in [5, 5.41) is 2.86. The molecule has 1 aromatic heterocycles. The van der Waals surface area contributed by atoms with Crippen LogP contribution in [0.2, 0.25) is 0 Å². The van der Waals surface area contributed by atoms with E-state index in [0.717, 1.165) is 22.6 Å². The zero-order valence-electron chi connectivity index (χ0n) is 19.1. The summed E-state index contributed by atoms with van der Waals surface area (Å²) in [7, 11) is -3.76. The number of amides is 1. The van der Waals surface area contributed by atoms with Crippen molar-refractivity contribution in [2.24, 2.45) is 5.92 Å². The Kier molecular flexibility index (Phi) is 7.63. The van der Waals surface area contributed by atoms with E-state index in [1.54, 1.807) is 13.0 Å². The van der Waals surface area contributed by atoms with Gasteiger partial charge in [0.15, 0.2) is 0 Å². The Morgan fingerprint density at radius 2 is 1.74 bits per heavy atom. The minimum atomic E-state index is -3.76. The minimum absolute atomic E-state index is 0.0209. The van der Waals surface area contributed by atoms with Crippen LogP contribution in [0.25, 0.3) is 10.4 Å². The number of rotatable bonds is 7. The summed E-state index contributed by atoms with van der Waals surface area (Å²) < 4.78 is 45.3. The molecule has 0 spiro atoms. The van der Waals surface area contributed by atoms with Crippen LogP contribution in [0.15, 0.2) is 65.6 Å². The third-order valence-electron chi connectivity index (χ3n) is 5.79. The second-order valence-electron chi connectivity index (χ2n) is 8.06. The van der Waals surface area contributed by atoms with Crippen molar-refractivity contribution < 1.29 is 27.1 Å². The first-order chi connectivity index (χ1) is 16.8. The second-order valence-corrected chi connectivity index (χ2v) is 11.1. The van der Waals surface area contributed by atoms with Crippen molar-refractivity contribution in [2.45, 2.75) is 24.7 Å². The van der Waals surface area contributed by atoms with Gasteiger partial charge in [0, 0.05) is 23.9 Å². The minimum Gasteiger partial charge on any atom is -0.462 e. The average Bonchev–Trinajstić information content (AvgIpc) is 3.29. The molecule has 1 saturated heterocycles. The molecule has 1 aliphatic heterocycles. The number of benzene rings is 2. The average molecular weight is 517 g/mol. The van der Waals surface area contributed by atoms with Gasteiger partial charge in [-0.25, -0.2) is 17.6 Å². The van der Waals surface area contributed by atoms with Gasteiger partial charge in [-0.15, -0.1) is 11.3 Å². The van der Waals surface area contributed by atoms with Gasteiger partial charge in [0.05, 0.1) is 17.2 Å². The van der Waals surface area contributed by atoms with E-state index in [1.165, 1.54) is 27.8 Å². The van der Waals surface area contributed by atoms with Crippen LogP contribution >= 0.6 is 11.3 Å². The van der Waals surface area contributed by atoms with E-state index in [9.17, 15) is 22.4 Å². The summed E-state index contributed by atoms with van der Waals surface area (Å²) >= 11 is 1.25. The molecule has 0 bridgehead atoms. The zero-order valence-corrected chi connectivity index (χ0v) is 20.7. The van der Waals surface area contributed by atoms with E-state index >= 15 is 0 Å². The van der Waals surface area contributed by atoms with Gasteiger partial charge in [-0.05, 0) is 55.7 Å². The first-order valence-electron chi connectivity index (χ1n) is 11.2. The van der Waals surface area contributed by atoms with E-state index in [4.69, 9.17) is 4.74 Å². The lowest BCUT2D eigenvalue weighted by atomic mass is 9.97. The van der Waals surface area contributed by atoms with Crippen molar-refractivity contribution >= 4 is 38.9 Å². The Bertz CT molecular complexity index is 1300. The maximum atomic E-state index is 13.2. The number of carbonyl (C=O) groups excluding carboxylic acids is 2. The highest BCUT2D eigenvalue weighted by molar-refractivity contribution is 7.89. The number of esters is 1. The topological polar surface area (TPSA) is 92.8 Å². The normalized spacial score (nSPS) is 15.0. The molecule has 0 aliphatic carbocycles. The van der Waals surface area contributed by atoms with E-state index in [0.29, 0.717) is 23.4 Å². The number of halogens is 1. The van der Waals surface area contributed by atoms with Gasteiger partial charge in [0.2, 0.25) is 15.9 Å². The molecule has 7 nitrogen and oxygen atoms in total. The molecular weight excluding hydrogens is 491 g/mol. The molecule has 0 radical (unpaired) electrons. The second kappa shape index (κ2) is 10.7. The molecule has 2 aromatic carbocycles. The Morgan fingerprint density at radius 3 is 2.37 bits per heavy atom. The largest absolute Gasteiger partial charge is 0.462 e. The smallest absolute Gasteiger partial charge is 0.350 e. The summed E-state index contributed by atoms with van der Waals surface area (Å²) in [6, 6.07) is 16.0. The Morgan fingerprint density at radius 1 is 1.09 bits per heavy atom. The Labute approximate surface area is 207 Å². The van der Waals surface area contributed by atoms with Gasteiger partial charge in [-0.2, -0.15) is 4.31 Å². The molecule has 0 saturated carbocycles. The molecular formula is C25H25FN2O5S2. The fraction of sp³-hybridized carbons (Fsp3) is 0.280. The molecule has 2 heterocycles. The van der Waals surface area contributed by atoms with Crippen molar-refractivity contribution in [3.05, 3.63) is 71.4 Å². The monoisotopic (exact) mass is 516 g/mol. The van der Waals surface area contributed by atoms with Crippen LogP contribution in [-0.4, -0.2) is 44.3 Å². The molecule has 0 unspecified atom stereocenters. The van der Waals surface area contributed by atoms with Crippen LogP contribution < -0.4 is 5.32 Å². The van der Waals surface area contributed by atoms with Crippen molar-refractivity contribution in [3.63, 3.8) is 0 Å². The van der Waals surface area contributed by atoms with Gasteiger partial charge < -0.3 is 10.1 Å². The first-order valence-corrected chi connectivity index (χ1v) is 13.5. The molecule has 0 atom stereocenters. The number of piperidine rings is 1. The standard InChI is InChI=1S/C25H25FN2O5S2/c1-2-33-25(30)23-21(16-22(34-23)17-6-4-3-5-7-17)27-24(29)18-12-14-28(15-13-18)35(31,32)20-10-8-19(26)9-11-20/h3-11,16,18H,2,12-15H2,1H3,(H,27,29). The summed E-state index contributed by atoms with van der Waals surface area (Å²) in [6.45, 7) is 2.27. The highest BCUT2D eigenvalue weighted by atomic mass is 32.2. The number of hydrogen-bond donors (Lipinski definition) is 1. The van der Waals surface area contributed by atoms with Crippen molar-refractivity contribution in [3.8, 4) is 10.4 Å². The molecule has 1 fully saturated rings. The van der Waals surface area contributed by atoms with Gasteiger partial charge in [0.1, 0.15) is 10.7 Å². The van der Waals surface area contributed by atoms with Crippen LogP contribution in [0.4, 0.5) is 10.1 Å². The maximum Gasteiger partial charge on any atom is 0.350 e. The molecule has 1 amide bonds. The highest BCUT2D eigenvalue weighted by Crippen LogP contribution is 2.36. The zero-order chi connectivity index (χ0) is 25.0. The van der Waals surface area contributed by atoms with E-state index in [2.05, 4.69) is 5.32 Å². The van der Waals surface area contributed by atoms with Crippen molar-refractivity contribution in [1.29, 1.82) is 0 Å². The number of nitrogens with one attached hydrogen (secondary N) is 1. The van der Waals surface area contributed by atoms with Gasteiger partial charge >= 0.3 is 5.97 Å². The number of hydrogen-bond acceptors (Lipinski definition) is 6. The van der Waals surface area contributed by atoms with E-state index in [-0.39, 0.29) is 30.5 Å². The van der Waals surface area contributed by atoms with Crippen LogP contribution in [0.5, 0.6) is 0 Å². The van der Waals surface area contributed by atoms with E-state index < -0.39 is 27.7 Å². The summed E-state index contributed by atoms with van der Waals surface area (Å²) in [6.07, 6.45) is 0.660. The van der Waals surface area contributed by atoms with Crippen LogP contribution in [0, 0.1) is 11.7 Å². The third kappa shape index (κ3) is 5.61. The predicted octanol–water partition coefficient (Wildman–Crippen LogP) is 4.77. The van der Waals surface area contributed by atoms with Crippen LogP contribution in [0.3, 0.4) is 0 Å². The molecule has 184 valence electrons. The Hall–Kier alpha value is -3.08. The van der Waals surface area contributed by atoms with Gasteiger partial charge in [-0.3, -0.25) is 4.79 Å². The maximum absolute atomic E-state index is 13.2. The van der Waals surface area contributed by atoms with Crippen molar-refractivity contribution in [1.82, 2.24) is 4.31 Å². The predicted molar refractivity (Wildman–Crippen MR) is 132 cm³/mol. The molecule has 1 aliphatic rings. The van der Waals surface area contributed by atoms with Gasteiger partial charge in [-0.1, -0.05) is 30.3 Å². The summed E-state index contributed by atoms with van der Waals surface area (Å²) in [5.74, 6) is -1.70. The lowest BCUT2D eigenvalue weighted by Crippen LogP contribution is -2.41. The van der Waals surface area contributed by atoms with Gasteiger partial charge in [0.25, 0.3) is 0 Å². The number of ether oxygens (including phenoxy) is 1. The molecule has 10 heteroatoms. The summed E-state index contributed by atoms with van der Waals surface area (Å²) in [4.78, 5) is 26.7. The fourth-order valence-corrected chi connectivity index (χ4v) is 6.41. The third-order valence-corrected chi connectivity index (χ3v) is 8.86. The molecule has 1 N–H and O–H groups in total. The van der Waals surface area contributed by atoms with E-state index in [1.807, 2.05) is 30.3 Å². The van der Waals surface area contributed by atoms with Crippen LogP contribution in [0.1, 0.15) is 29.4 Å². The van der Waals surface area contributed by atoms with Crippen molar-refractivity contribution in [2.75, 3.05) is 25.0 Å². The number of anilines is 1. The number of sulfonamides is 1. The lowest BCUT2D eigenvalue weighted by Gasteiger charge is -2.30. The van der Waals surface area contributed by atoms with Crippen LogP contribution in [-0.2, 0) is 19.6 Å². The SMILES string of the molecule is CCOC(=O)c1sc(-c2ccccc2)cc1NC(=O)C1CCN(S(=O)(=O)c2ccc(F)cc2)CC1. The quantitative estimate of drug-likeness (QED) is 0.457. The molecule has 35 heavy (non-hydrogen) atoms. The molecule has 4 rings (SSSR count).